The molecule has 0 bridgehead atoms. The van der Waals surface area contributed by atoms with Crippen molar-refractivity contribution in [1.82, 2.24) is 0 Å². The average Bonchev–Trinajstić information content (AvgIpc) is 3.25. The second-order valence-corrected chi connectivity index (χ2v) is 9.24. The first kappa shape index (κ1) is 17.9. The number of halogens is 2. The van der Waals surface area contributed by atoms with Crippen molar-refractivity contribution in [1.29, 1.82) is 0 Å². The Morgan fingerprint density at radius 3 is 2.38 bits per heavy atom. The molecule has 0 heterocycles. The van der Waals surface area contributed by atoms with E-state index in [0.717, 1.165) is 6.42 Å². The topological polar surface area (TPSA) is 0 Å². The molecule has 4 heteroatoms. The third-order valence-electron chi connectivity index (χ3n) is 4.07. The van der Waals surface area contributed by atoms with Crippen molar-refractivity contribution in [2.24, 2.45) is 0 Å². The van der Waals surface area contributed by atoms with E-state index >= 15 is 0 Å². The molecule has 0 fully saturated rings. The molecule has 0 aliphatic heterocycles. The molecular formula is C20H15BCl2Zr-. The number of fused-ring (bicyclic) bond motifs is 1. The molecule has 0 atom stereocenters. The van der Waals surface area contributed by atoms with Gasteiger partial charge in [0.05, 0.1) is 0 Å². The summed E-state index contributed by atoms with van der Waals surface area (Å²) >= 11 is -0.826. The van der Waals surface area contributed by atoms with E-state index in [-0.39, 0.29) is 0 Å². The first-order valence-corrected chi connectivity index (χ1v) is 14.1. The van der Waals surface area contributed by atoms with Gasteiger partial charge in [0.1, 0.15) is 7.28 Å². The van der Waals surface area contributed by atoms with E-state index < -0.39 is 20.8 Å². The standard InChI is InChI=1S/C20H15B.2ClH.Zr/c1-2-11-17(12-3-1)21-20-18-13-7-6-10-16(18)14-19(20)15-8-4-5-9-15;;;/h1-8,10-14H,9H2;2*1H;/q-1;;;+2/p-2. The molecule has 4 rings (SSSR count). The number of hydrogen-bond acceptors (Lipinski definition) is 0. The summed E-state index contributed by atoms with van der Waals surface area (Å²) in [7, 11) is 12.2. The maximum absolute atomic E-state index is 4.93. The van der Waals surface area contributed by atoms with Crippen LogP contribution in [-0.2, 0) is 20.8 Å². The molecular weight excluding hydrogens is 413 g/mol. The molecule has 1 radical (unpaired) electrons. The van der Waals surface area contributed by atoms with Crippen LogP contribution in [0, 0.1) is 0 Å². The van der Waals surface area contributed by atoms with Gasteiger partial charge in [-0.05, 0) is 6.42 Å². The molecule has 117 valence electrons. The number of allylic oxidation sites excluding steroid dienone is 4. The Kier molecular flexibility index (Phi) is 6.66. The summed E-state index contributed by atoms with van der Waals surface area (Å²) < 4.78 is 0. The van der Waals surface area contributed by atoms with Crippen molar-refractivity contribution in [2.45, 2.75) is 6.42 Å². The quantitative estimate of drug-likeness (QED) is 0.410. The predicted octanol–water partition coefficient (Wildman–Crippen LogP) is 4.93. The van der Waals surface area contributed by atoms with Gasteiger partial charge in [0.15, 0.2) is 0 Å². The molecule has 0 amide bonds. The number of benzene rings is 2. The van der Waals surface area contributed by atoms with E-state index in [9.17, 15) is 0 Å². The van der Waals surface area contributed by atoms with Gasteiger partial charge in [-0.1, -0.05) is 72.2 Å². The minimum absolute atomic E-state index is 0.826. The number of hydrogen-bond donors (Lipinski definition) is 0. The Hall–Kier alpha value is -0.942. The van der Waals surface area contributed by atoms with Crippen LogP contribution in [0.3, 0.4) is 0 Å². The summed E-state index contributed by atoms with van der Waals surface area (Å²) in [5.41, 5.74) is 5.37. The Labute approximate surface area is 162 Å². The van der Waals surface area contributed by atoms with Crippen molar-refractivity contribution in [3.05, 3.63) is 84.5 Å². The molecule has 0 saturated heterocycles. The Balaban J connectivity index is 0.000000526. The predicted molar refractivity (Wildman–Crippen MR) is 104 cm³/mol. The average molecular weight is 428 g/mol. The van der Waals surface area contributed by atoms with Crippen molar-refractivity contribution in [3.63, 3.8) is 0 Å². The summed E-state index contributed by atoms with van der Waals surface area (Å²) in [4.78, 5) is 0. The van der Waals surface area contributed by atoms with E-state index in [2.05, 4.69) is 86.2 Å². The van der Waals surface area contributed by atoms with Gasteiger partial charge in [-0.25, -0.2) is 0 Å². The minimum atomic E-state index is -0.826. The van der Waals surface area contributed by atoms with Crippen LogP contribution in [-0.4, -0.2) is 7.28 Å². The Morgan fingerprint density at radius 1 is 0.958 bits per heavy atom. The Bertz CT molecular complexity index is 866. The van der Waals surface area contributed by atoms with Crippen molar-refractivity contribution < 1.29 is 20.8 Å². The molecule has 3 aromatic carbocycles. The van der Waals surface area contributed by atoms with Crippen molar-refractivity contribution in [3.8, 4) is 0 Å². The zero-order valence-electron chi connectivity index (χ0n) is 13.0. The molecule has 0 unspecified atom stereocenters. The third-order valence-corrected chi connectivity index (χ3v) is 4.07. The molecule has 3 aromatic rings. The van der Waals surface area contributed by atoms with Gasteiger partial charge in [-0.3, -0.25) is 0 Å². The molecule has 24 heavy (non-hydrogen) atoms. The summed E-state index contributed by atoms with van der Waals surface area (Å²) in [6, 6.07) is 21.5. The molecule has 0 N–H and O–H groups in total. The zero-order valence-corrected chi connectivity index (χ0v) is 17.0. The molecule has 1 aliphatic carbocycles. The van der Waals surface area contributed by atoms with E-state index in [1.54, 1.807) is 0 Å². The second kappa shape index (κ2) is 8.95. The van der Waals surface area contributed by atoms with Gasteiger partial charge in [0.2, 0.25) is 0 Å². The van der Waals surface area contributed by atoms with Gasteiger partial charge >= 0.3 is 37.9 Å². The fourth-order valence-corrected chi connectivity index (χ4v) is 3.03. The summed E-state index contributed by atoms with van der Waals surface area (Å²) in [5, 5.41) is 2.66. The molecule has 0 aromatic heterocycles. The molecule has 0 nitrogen and oxygen atoms in total. The van der Waals surface area contributed by atoms with Crippen LogP contribution < -0.4 is 10.9 Å². The van der Waals surface area contributed by atoms with Crippen LogP contribution in [0.15, 0.2) is 78.9 Å². The van der Waals surface area contributed by atoms with Crippen LogP contribution in [0.4, 0.5) is 0 Å². The summed E-state index contributed by atoms with van der Waals surface area (Å²) in [6.07, 6.45) is 7.64. The van der Waals surface area contributed by atoms with Crippen molar-refractivity contribution in [2.75, 3.05) is 0 Å². The van der Waals surface area contributed by atoms with Gasteiger partial charge in [0.25, 0.3) is 0 Å². The maximum atomic E-state index is 4.93. The fourth-order valence-electron chi connectivity index (χ4n) is 3.03. The SMILES string of the molecule is [B](c1ccccc1)c1c(C2=CC=CC2)[cH-]c2ccccc12.[Cl][Zr][Cl]. The van der Waals surface area contributed by atoms with Crippen LogP contribution in [0.5, 0.6) is 0 Å². The Morgan fingerprint density at radius 2 is 1.67 bits per heavy atom. The summed E-state index contributed by atoms with van der Waals surface area (Å²) in [5.74, 6) is 0. The van der Waals surface area contributed by atoms with E-state index in [4.69, 9.17) is 17.0 Å². The number of rotatable bonds is 3. The monoisotopic (exact) mass is 426 g/mol. The van der Waals surface area contributed by atoms with Gasteiger partial charge in [-0.15, -0.1) is 34.0 Å². The van der Waals surface area contributed by atoms with Crippen LogP contribution in [0.2, 0.25) is 0 Å². The normalized spacial score (nSPS) is 12.5. The van der Waals surface area contributed by atoms with Gasteiger partial charge in [-0.2, -0.15) is 5.46 Å². The van der Waals surface area contributed by atoms with Crippen LogP contribution >= 0.6 is 17.0 Å². The summed E-state index contributed by atoms with van der Waals surface area (Å²) in [6.45, 7) is 0. The van der Waals surface area contributed by atoms with E-state index in [1.807, 2.05) is 0 Å². The van der Waals surface area contributed by atoms with E-state index in [0.29, 0.717) is 0 Å². The van der Waals surface area contributed by atoms with Crippen LogP contribution in [0.25, 0.3) is 16.3 Å². The van der Waals surface area contributed by atoms with Gasteiger partial charge < -0.3 is 0 Å². The zero-order chi connectivity index (χ0) is 16.8. The first-order valence-electron chi connectivity index (χ1n) is 7.74. The van der Waals surface area contributed by atoms with Crippen LogP contribution in [0.1, 0.15) is 12.0 Å². The fraction of sp³-hybridized carbons (Fsp3) is 0.0500. The molecule has 0 spiro atoms. The molecule has 0 saturated carbocycles. The first-order chi connectivity index (χ1) is 11.8. The van der Waals surface area contributed by atoms with Gasteiger partial charge in [0, 0.05) is 0 Å². The van der Waals surface area contributed by atoms with Crippen molar-refractivity contribution >= 4 is 51.6 Å². The molecule has 1 aliphatic rings. The second-order valence-electron chi connectivity index (χ2n) is 5.51. The van der Waals surface area contributed by atoms with E-state index in [1.165, 1.54) is 32.8 Å². The third kappa shape index (κ3) is 4.17.